The summed E-state index contributed by atoms with van der Waals surface area (Å²) in [5.41, 5.74) is 5.32. The summed E-state index contributed by atoms with van der Waals surface area (Å²) in [5, 5.41) is 4.42. The van der Waals surface area contributed by atoms with Crippen LogP contribution in [0.5, 0.6) is 0 Å². The van der Waals surface area contributed by atoms with Gasteiger partial charge in [0.15, 0.2) is 0 Å². The number of aromatic nitrogens is 2. The average molecular weight is 285 g/mol. The van der Waals surface area contributed by atoms with Crippen LogP contribution in [-0.4, -0.2) is 34.9 Å². The largest absolute Gasteiger partial charge is 0.383 e. The van der Waals surface area contributed by atoms with E-state index >= 15 is 0 Å². The van der Waals surface area contributed by atoms with Crippen molar-refractivity contribution in [3.05, 3.63) is 52.8 Å². The Bertz CT molecular complexity index is 603. The van der Waals surface area contributed by atoms with Crippen molar-refractivity contribution in [1.82, 2.24) is 14.7 Å². The highest BCUT2D eigenvalue weighted by Crippen LogP contribution is 2.30. The fourth-order valence-corrected chi connectivity index (χ4v) is 3.17. The van der Waals surface area contributed by atoms with Crippen molar-refractivity contribution in [2.24, 2.45) is 7.05 Å². The third kappa shape index (κ3) is 2.87. The Kier molecular flexibility index (Phi) is 4.08. The summed E-state index contributed by atoms with van der Waals surface area (Å²) in [6, 6.07) is 9.09. The molecule has 0 fully saturated rings. The van der Waals surface area contributed by atoms with E-state index in [-0.39, 0.29) is 6.04 Å². The predicted octanol–water partition coefficient (Wildman–Crippen LogP) is 2.47. The Labute approximate surface area is 126 Å². The second-order valence-corrected chi connectivity index (χ2v) is 5.86. The molecular formula is C17H23N3O. The minimum atomic E-state index is 0.285. The molecule has 0 unspecified atom stereocenters. The summed E-state index contributed by atoms with van der Waals surface area (Å²) in [6.45, 7) is 4.85. The maximum absolute atomic E-state index is 5.47. The highest BCUT2D eigenvalue weighted by Gasteiger charge is 2.30. The number of nitrogens with zero attached hydrogens (tertiary/aromatic N) is 3. The van der Waals surface area contributed by atoms with Crippen molar-refractivity contribution < 1.29 is 4.74 Å². The number of fused-ring (bicyclic) bond motifs is 1. The van der Waals surface area contributed by atoms with Gasteiger partial charge in [0.25, 0.3) is 0 Å². The third-order valence-electron chi connectivity index (χ3n) is 4.32. The summed E-state index contributed by atoms with van der Waals surface area (Å²) in [5.74, 6) is 0. The Balaban J connectivity index is 1.84. The number of aryl methyl sites for hydroxylation is 2. The van der Waals surface area contributed by atoms with Gasteiger partial charge in [-0.3, -0.25) is 9.58 Å². The second kappa shape index (κ2) is 6.00. The molecule has 4 heteroatoms. The van der Waals surface area contributed by atoms with Gasteiger partial charge < -0.3 is 4.74 Å². The lowest BCUT2D eigenvalue weighted by molar-refractivity contribution is 0.0734. The van der Waals surface area contributed by atoms with E-state index < -0.39 is 0 Å². The Morgan fingerprint density at radius 3 is 2.76 bits per heavy atom. The van der Waals surface area contributed by atoms with Crippen molar-refractivity contribution in [2.45, 2.75) is 25.9 Å². The molecule has 0 saturated carbocycles. The molecule has 1 atom stereocenters. The molecule has 0 saturated heterocycles. The van der Waals surface area contributed by atoms with Gasteiger partial charge in [0.2, 0.25) is 0 Å². The summed E-state index contributed by atoms with van der Waals surface area (Å²) in [4.78, 5) is 2.50. The van der Waals surface area contributed by atoms with Gasteiger partial charge in [0.05, 0.1) is 24.5 Å². The molecule has 0 aliphatic carbocycles. The lowest BCUT2D eigenvalue weighted by Gasteiger charge is -2.35. The van der Waals surface area contributed by atoms with Crippen LogP contribution in [0.15, 0.2) is 30.5 Å². The number of ether oxygens (including phenoxy) is 1. The summed E-state index contributed by atoms with van der Waals surface area (Å²) in [7, 11) is 3.80. The van der Waals surface area contributed by atoms with Crippen molar-refractivity contribution in [3.63, 3.8) is 0 Å². The quantitative estimate of drug-likeness (QED) is 0.864. The first-order valence-electron chi connectivity index (χ1n) is 7.48. The highest BCUT2D eigenvalue weighted by molar-refractivity contribution is 5.26. The normalized spacial score (nSPS) is 18.7. The van der Waals surface area contributed by atoms with Crippen LogP contribution in [0, 0.1) is 6.92 Å². The van der Waals surface area contributed by atoms with E-state index in [4.69, 9.17) is 4.74 Å². The SMILES string of the molecule is COC[C@@H]1c2c(cnn2C)CCN1Cc1ccc(C)cc1. The average Bonchev–Trinajstić information content (AvgIpc) is 2.86. The Hall–Kier alpha value is -1.65. The molecule has 21 heavy (non-hydrogen) atoms. The number of hydrogen-bond acceptors (Lipinski definition) is 3. The number of hydrogen-bond donors (Lipinski definition) is 0. The van der Waals surface area contributed by atoms with Crippen LogP contribution in [0.4, 0.5) is 0 Å². The van der Waals surface area contributed by atoms with E-state index in [2.05, 4.69) is 41.2 Å². The second-order valence-electron chi connectivity index (χ2n) is 5.86. The van der Waals surface area contributed by atoms with E-state index in [1.54, 1.807) is 7.11 Å². The fourth-order valence-electron chi connectivity index (χ4n) is 3.17. The van der Waals surface area contributed by atoms with Crippen LogP contribution in [0.1, 0.15) is 28.4 Å². The van der Waals surface area contributed by atoms with Gasteiger partial charge in [-0.05, 0) is 24.5 Å². The van der Waals surface area contributed by atoms with Crippen LogP contribution in [0.25, 0.3) is 0 Å². The molecule has 1 aromatic heterocycles. The maximum Gasteiger partial charge on any atom is 0.0760 e. The molecule has 3 rings (SSSR count). The van der Waals surface area contributed by atoms with Crippen LogP contribution in [-0.2, 0) is 24.8 Å². The highest BCUT2D eigenvalue weighted by atomic mass is 16.5. The van der Waals surface area contributed by atoms with Crippen molar-refractivity contribution in [1.29, 1.82) is 0 Å². The smallest absolute Gasteiger partial charge is 0.0760 e. The van der Waals surface area contributed by atoms with Crippen molar-refractivity contribution in [3.8, 4) is 0 Å². The minimum Gasteiger partial charge on any atom is -0.383 e. The standard InChI is InChI=1S/C17H23N3O/c1-13-4-6-14(7-5-13)11-20-9-8-15-10-18-19(2)17(15)16(20)12-21-3/h4-7,10,16H,8-9,11-12H2,1-3H3/t16-/m1/s1. The molecule has 0 N–H and O–H groups in total. The van der Waals surface area contributed by atoms with E-state index in [1.165, 1.54) is 22.4 Å². The van der Waals surface area contributed by atoms with Gasteiger partial charge in [-0.25, -0.2) is 0 Å². The number of benzene rings is 1. The fraction of sp³-hybridized carbons (Fsp3) is 0.471. The monoisotopic (exact) mass is 285 g/mol. The zero-order valence-corrected chi connectivity index (χ0v) is 13.0. The van der Waals surface area contributed by atoms with E-state index in [9.17, 15) is 0 Å². The Morgan fingerprint density at radius 2 is 2.05 bits per heavy atom. The van der Waals surface area contributed by atoms with Gasteiger partial charge in [0.1, 0.15) is 0 Å². The third-order valence-corrected chi connectivity index (χ3v) is 4.32. The molecule has 2 aromatic rings. The maximum atomic E-state index is 5.47. The van der Waals surface area contributed by atoms with E-state index in [1.807, 2.05) is 17.9 Å². The van der Waals surface area contributed by atoms with Gasteiger partial charge >= 0.3 is 0 Å². The molecule has 0 amide bonds. The summed E-state index contributed by atoms with van der Waals surface area (Å²) in [6.07, 6.45) is 3.07. The van der Waals surface area contributed by atoms with Crippen LogP contribution in [0.2, 0.25) is 0 Å². The molecule has 4 nitrogen and oxygen atoms in total. The van der Waals surface area contributed by atoms with Gasteiger partial charge in [-0.15, -0.1) is 0 Å². The van der Waals surface area contributed by atoms with Gasteiger partial charge in [-0.1, -0.05) is 29.8 Å². The molecular weight excluding hydrogens is 262 g/mol. The van der Waals surface area contributed by atoms with Crippen molar-refractivity contribution in [2.75, 3.05) is 20.3 Å². The van der Waals surface area contributed by atoms with Crippen LogP contribution in [0.3, 0.4) is 0 Å². The molecule has 0 bridgehead atoms. The zero-order valence-electron chi connectivity index (χ0n) is 13.0. The molecule has 1 aliphatic rings. The number of methoxy groups -OCH3 is 1. The first-order valence-corrected chi connectivity index (χ1v) is 7.48. The molecule has 0 spiro atoms. The van der Waals surface area contributed by atoms with Crippen LogP contribution < -0.4 is 0 Å². The Morgan fingerprint density at radius 1 is 1.29 bits per heavy atom. The van der Waals surface area contributed by atoms with Gasteiger partial charge in [0, 0.05) is 27.2 Å². The molecule has 2 heterocycles. The first kappa shape index (κ1) is 14.3. The molecule has 1 aromatic carbocycles. The predicted molar refractivity (Wildman–Crippen MR) is 83.1 cm³/mol. The summed E-state index contributed by atoms with van der Waals surface area (Å²) < 4.78 is 7.47. The first-order chi connectivity index (χ1) is 10.2. The lowest BCUT2D eigenvalue weighted by Crippen LogP contribution is -2.38. The number of rotatable bonds is 4. The van der Waals surface area contributed by atoms with Crippen molar-refractivity contribution >= 4 is 0 Å². The summed E-state index contributed by atoms with van der Waals surface area (Å²) >= 11 is 0. The molecule has 1 aliphatic heterocycles. The topological polar surface area (TPSA) is 30.3 Å². The lowest BCUT2D eigenvalue weighted by atomic mass is 9.99. The van der Waals surface area contributed by atoms with E-state index in [0.29, 0.717) is 6.61 Å². The van der Waals surface area contributed by atoms with E-state index in [0.717, 1.165) is 19.5 Å². The zero-order chi connectivity index (χ0) is 14.8. The molecule has 112 valence electrons. The van der Waals surface area contributed by atoms with Crippen LogP contribution >= 0.6 is 0 Å². The molecule has 0 radical (unpaired) electrons. The minimum absolute atomic E-state index is 0.285. The van der Waals surface area contributed by atoms with Gasteiger partial charge in [-0.2, -0.15) is 5.10 Å².